The third-order valence-electron chi connectivity index (χ3n) is 1.83. The van der Waals surface area contributed by atoms with E-state index in [1.807, 2.05) is 0 Å². The van der Waals surface area contributed by atoms with Crippen molar-refractivity contribution in [2.45, 2.75) is 19.9 Å². The lowest BCUT2D eigenvalue weighted by Crippen LogP contribution is -2.23. The molecule has 0 aromatic carbocycles. The van der Waals surface area contributed by atoms with Gasteiger partial charge >= 0.3 is 5.97 Å². The highest BCUT2D eigenvalue weighted by molar-refractivity contribution is 5.66. The van der Waals surface area contributed by atoms with E-state index in [-0.39, 0.29) is 24.5 Å². The van der Waals surface area contributed by atoms with E-state index in [1.54, 1.807) is 6.92 Å². The largest absolute Gasteiger partial charge is 0.481 e. The molecule has 0 saturated heterocycles. The van der Waals surface area contributed by atoms with Gasteiger partial charge < -0.3 is 9.84 Å². The van der Waals surface area contributed by atoms with Gasteiger partial charge in [-0.05, 0) is 6.92 Å². The first-order valence-corrected chi connectivity index (χ1v) is 4.39. The maximum Gasteiger partial charge on any atom is 0.305 e. The Labute approximate surface area is 86.1 Å². The minimum atomic E-state index is -0.968. The first kappa shape index (κ1) is 11.2. The van der Waals surface area contributed by atoms with Gasteiger partial charge in [0.05, 0.1) is 13.5 Å². The van der Waals surface area contributed by atoms with Crippen LogP contribution in [0.5, 0.6) is 6.01 Å². The molecule has 1 heterocycles. The van der Waals surface area contributed by atoms with Crippen molar-refractivity contribution in [2.24, 2.45) is 0 Å². The minimum Gasteiger partial charge on any atom is -0.481 e. The Kier molecular flexibility index (Phi) is 3.43. The number of carboxylic acids is 1. The van der Waals surface area contributed by atoms with Crippen LogP contribution in [0.2, 0.25) is 0 Å². The summed E-state index contributed by atoms with van der Waals surface area (Å²) in [5.74, 6) is -0.968. The molecule has 0 aliphatic heterocycles. The van der Waals surface area contributed by atoms with Gasteiger partial charge in [0.2, 0.25) is 0 Å². The number of methoxy groups -OCH3 is 1. The number of aryl methyl sites for hydroxylation is 1. The van der Waals surface area contributed by atoms with Crippen LogP contribution >= 0.6 is 0 Å². The Morgan fingerprint density at radius 2 is 2.33 bits per heavy atom. The lowest BCUT2D eigenvalue weighted by Gasteiger charge is -2.09. The molecule has 0 unspecified atom stereocenters. The zero-order valence-corrected chi connectivity index (χ0v) is 8.56. The summed E-state index contributed by atoms with van der Waals surface area (Å²) in [7, 11) is 1.39. The van der Waals surface area contributed by atoms with Gasteiger partial charge in [-0.25, -0.2) is 4.98 Å². The average molecular weight is 212 g/mol. The zero-order chi connectivity index (χ0) is 11.4. The van der Waals surface area contributed by atoms with Gasteiger partial charge in [-0.3, -0.25) is 14.2 Å². The molecule has 0 spiro atoms. The molecule has 0 amide bonds. The van der Waals surface area contributed by atoms with Crippen LogP contribution in [0.4, 0.5) is 0 Å². The van der Waals surface area contributed by atoms with Crippen molar-refractivity contribution in [1.29, 1.82) is 0 Å². The third kappa shape index (κ3) is 2.80. The lowest BCUT2D eigenvalue weighted by atomic mass is 10.4. The number of carboxylic acid groups (broad SMARTS) is 1. The molecule has 1 aromatic heterocycles. The molecule has 15 heavy (non-hydrogen) atoms. The quantitative estimate of drug-likeness (QED) is 0.761. The van der Waals surface area contributed by atoms with Crippen LogP contribution in [-0.4, -0.2) is 27.7 Å². The summed E-state index contributed by atoms with van der Waals surface area (Å²) in [6, 6.07) is 1.48. The van der Waals surface area contributed by atoms with E-state index in [2.05, 4.69) is 4.98 Å². The van der Waals surface area contributed by atoms with Crippen LogP contribution in [0.15, 0.2) is 10.9 Å². The van der Waals surface area contributed by atoms with E-state index in [1.165, 1.54) is 17.7 Å². The average Bonchev–Trinajstić information content (AvgIpc) is 2.14. The topological polar surface area (TPSA) is 81.4 Å². The number of aliphatic carboxylic acids is 1. The summed E-state index contributed by atoms with van der Waals surface area (Å²) in [6.45, 7) is 1.73. The molecule has 0 saturated carbocycles. The van der Waals surface area contributed by atoms with Gasteiger partial charge in [0.1, 0.15) is 0 Å². The molecule has 0 aliphatic rings. The maximum absolute atomic E-state index is 11.5. The van der Waals surface area contributed by atoms with E-state index in [0.29, 0.717) is 5.69 Å². The third-order valence-corrected chi connectivity index (χ3v) is 1.83. The number of hydrogen-bond donors (Lipinski definition) is 1. The minimum absolute atomic E-state index is 0.0601. The SMILES string of the molecule is COc1nc(C)cc(=O)n1CCC(=O)O. The fourth-order valence-electron chi connectivity index (χ4n) is 1.16. The molecule has 0 aliphatic carbocycles. The maximum atomic E-state index is 11.5. The standard InChI is InChI=1S/C9H12N2O4/c1-6-5-7(12)11(4-3-8(13)14)9(10-6)15-2/h5H,3-4H2,1-2H3,(H,13,14). The smallest absolute Gasteiger partial charge is 0.305 e. The van der Waals surface area contributed by atoms with Crippen molar-refractivity contribution < 1.29 is 14.6 Å². The van der Waals surface area contributed by atoms with Crippen molar-refractivity contribution in [2.75, 3.05) is 7.11 Å². The Bertz CT molecular complexity index is 425. The molecule has 0 fully saturated rings. The number of nitrogens with zero attached hydrogens (tertiary/aromatic N) is 2. The molecule has 0 atom stereocenters. The summed E-state index contributed by atoms with van der Waals surface area (Å²) in [6.07, 6.45) is -0.138. The van der Waals surface area contributed by atoms with Gasteiger partial charge in [-0.1, -0.05) is 0 Å². The molecular formula is C9H12N2O4. The molecule has 6 nitrogen and oxygen atoms in total. The molecule has 0 bridgehead atoms. The Morgan fingerprint density at radius 3 is 2.87 bits per heavy atom. The second kappa shape index (κ2) is 4.59. The Hall–Kier alpha value is -1.85. The van der Waals surface area contributed by atoms with Crippen molar-refractivity contribution in [1.82, 2.24) is 9.55 Å². The highest BCUT2D eigenvalue weighted by Crippen LogP contribution is 2.04. The lowest BCUT2D eigenvalue weighted by molar-refractivity contribution is -0.137. The summed E-state index contributed by atoms with van der Waals surface area (Å²) in [4.78, 5) is 25.8. The summed E-state index contributed by atoms with van der Waals surface area (Å²) < 4.78 is 6.09. The number of rotatable bonds is 4. The molecular weight excluding hydrogens is 200 g/mol. The van der Waals surface area contributed by atoms with Gasteiger partial charge in [0.15, 0.2) is 0 Å². The van der Waals surface area contributed by atoms with Crippen LogP contribution in [0.3, 0.4) is 0 Å². The molecule has 0 radical (unpaired) electrons. The highest BCUT2D eigenvalue weighted by Gasteiger charge is 2.08. The number of ether oxygens (including phenoxy) is 1. The number of hydrogen-bond acceptors (Lipinski definition) is 4. The number of carbonyl (C=O) groups is 1. The van der Waals surface area contributed by atoms with E-state index < -0.39 is 5.97 Å². The highest BCUT2D eigenvalue weighted by atomic mass is 16.5. The van der Waals surface area contributed by atoms with Crippen LogP contribution in [-0.2, 0) is 11.3 Å². The van der Waals surface area contributed by atoms with Crippen LogP contribution in [0.25, 0.3) is 0 Å². The predicted molar refractivity (Wildman–Crippen MR) is 52.0 cm³/mol. The normalized spacial score (nSPS) is 10.0. The molecule has 1 N–H and O–H groups in total. The second-order valence-corrected chi connectivity index (χ2v) is 3.02. The Balaban J connectivity index is 3.04. The first-order valence-electron chi connectivity index (χ1n) is 4.39. The van der Waals surface area contributed by atoms with E-state index in [4.69, 9.17) is 9.84 Å². The molecule has 6 heteroatoms. The van der Waals surface area contributed by atoms with Crippen molar-refractivity contribution in [3.05, 3.63) is 22.1 Å². The number of aromatic nitrogens is 2. The van der Waals surface area contributed by atoms with Gasteiger partial charge in [-0.2, -0.15) is 0 Å². The van der Waals surface area contributed by atoms with Crippen LogP contribution in [0.1, 0.15) is 12.1 Å². The molecule has 1 rings (SSSR count). The fraction of sp³-hybridized carbons (Fsp3) is 0.444. The monoisotopic (exact) mass is 212 g/mol. The van der Waals surface area contributed by atoms with Gasteiger partial charge in [0.25, 0.3) is 11.6 Å². The summed E-state index contributed by atoms with van der Waals surface area (Å²) in [5.41, 5.74) is 0.240. The van der Waals surface area contributed by atoms with Crippen molar-refractivity contribution in [3.63, 3.8) is 0 Å². The van der Waals surface area contributed by atoms with Gasteiger partial charge in [-0.15, -0.1) is 0 Å². The Morgan fingerprint density at radius 1 is 1.67 bits per heavy atom. The zero-order valence-electron chi connectivity index (χ0n) is 8.56. The first-order chi connectivity index (χ1) is 7.04. The molecule has 82 valence electrons. The van der Waals surface area contributed by atoms with Gasteiger partial charge in [0, 0.05) is 18.3 Å². The van der Waals surface area contributed by atoms with E-state index in [0.717, 1.165) is 0 Å². The van der Waals surface area contributed by atoms with Crippen molar-refractivity contribution >= 4 is 5.97 Å². The van der Waals surface area contributed by atoms with E-state index in [9.17, 15) is 9.59 Å². The van der Waals surface area contributed by atoms with Crippen LogP contribution < -0.4 is 10.3 Å². The molecule has 1 aromatic rings. The predicted octanol–water partition coefficient (Wildman–Crippen LogP) is 0.0350. The second-order valence-electron chi connectivity index (χ2n) is 3.02. The summed E-state index contributed by atoms with van der Waals surface area (Å²) >= 11 is 0. The fourth-order valence-corrected chi connectivity index (χ4v) is 1.16. The van der Waals surface area contributed by atoms with Crippen molar-refractivity contribution in [3.8, 4) is 6.01 Å². The van der Waals surface area contributed by atoms with Crippen LogP contribution in [0, 0.1) is 6.92 Å². The van der Waals surface area contributed by atoms with E-state index >= 15 is 0 Å². The summed E-state index contributed by atoms with van der Waals surface area (Å²) in [5, 5.41) is 8.51.